The number of halogens is 1. The Morgan fingerprint density at radius 2 is 1.76 bits per heavy atom. The fourth-order valence-corrected chi connectivity index (χ4v) is 5.56. The molecule has 37 heavy (non-hydrogen) atoms. The molecule has 2 heterocycles. The van der Waals surface area contributed by atoms with Gasteiger partial charge in [-0.15, -0.1) is 15.3 Å². The summed E-state index contributed by atoms with van der Waals surface area (Å²) in [7, 11) is 0. The molecule has 0 radical (unpaired) electrons. The fraction of sp³-hybridized carbons (Fsp3) is 0.308. The molecule has 11 heteroatoms. The van der Waals surface area contributed by atoms with Crippen LogP contribution in [0.2, 0.25) is 0 Å². The molecule has 5 rings (SSSR count). The molecule has 1 aliphatic carbocycles. The number of ether oxygens (including phenoxy) is 1. The first-order valence-corrected chi connectivity index (χ1v) is 13.7. The fourth-order valence-electron chi connectivity index (χ4n) is 4.28. The van der Waals surface area contributed by atoms with Crippen molar-refractivity contribution in [3.63, 3.8) is 0 Å². The van der Waals surface area contributed by atoms with Gasteiger partial charge in [0.2, 0.25) is 0 Å². The number of rotatable bonds is 9. The van der Waals surface area contributed by atoms with Gasteiger partial charge in [0.15, 0.2) is 16.6 Å². The lowest BCUT2D eigenvalue weighted by Crippen LogP contribution is -2.21. The van der Waals surface area contributed by atoms with Crippen LogP contribution in [0.4, 0.5) is 5.69 Å². The van der Waals surface area contributed by atoms with E-state index < -0.39 is 5.92 Å². The van der Waals surface area contributed by atoms with Crippen molar-refractivity contribution in [3.8, 4) is 22.0 Å². The molecule has 0 aliphatic heterocycles. The Bertz CT molecular complexity index is 1410. The van der Waals surface area contributed by atoms with Crippen LogP contribution in [-0.4, -0.2) is 49.8 Å². The number of carbonyl (C=O) groups excluding carboxylic acids is 2. The number of carbonyl (C=O) groups is 2. The second kappa shape index (κ2) is 10.9. The molecule has 0 unspecified atom stereocenters. The van der Waals surface area contributed by atoms with E-state index in [0.717, 1.165) is 34.5 Å². The molecule has 1 saturated carbocycles. The Labute approximate surface area is 226 Å². The van der Waals surface area contributed by atoms with E-state index in [-0.39, 0.29) is 31.0 Å². The number of nitrogens with zero attached hydrogens (tertiary/aromatic N) is 6. The minimum Gasteiger partial charge on any atom is -0.486 e. The number of aromatic nitrogens is 5. The molecule has 0 spiro atoms. The zero-order valence-corrected chi connectivity index (χ0v) is 22.8. The molecule has 2 aromatic heterocycles. The van der Waals surface area contributed by atoms with Gasteiger partial charge in [0.05, 0.1) is 17.4 Å². The van der Waals surface area contributed by atoms with Gasteiger partial charge in [0, 0.05) is 42.2 Å². The van der Waals surface area contributed by atoms with E-state index in [9.17, 15) is 9.59 Å². The summed E-state index contributed by atoms with van der Waals surface area (Å²) in [5.74, 6) is -0.349. The molecule has 0 N–H and O–H groups in total. The van der Waals surface area contributed by atoms with Crippen molar-refractivity contribution in [1.82, 2.24) is 25.2 Å². The summed E-state index contributed by atoms with van der Waals surface area (Å²) in [6.45, 7) is 6.11. The third-order valence-corrected chi connectivity index (χ3v) is 7.83. The van der Waals surface area contributed by atoms with Gasteiger partial charge in [-0.25, -0.2) is 4.68 Å². The van der Waals surface area contributed by atoms with Crippen LogP contribution >= 0.6 is 27.3 Å². The molecule has 2 aromatic carbocycles. The molecule has 0 saturated heterocycles. The average molecular weight is 581 g/mol. The van der Waals surface area contributed by atoms with Gasteiger partial charge in [0.25, 0.3) is 0 Å². The van der Waals surface area contributed by atoms with Crippen molar-refractivity contribution in [1.29, 1.82) is 0 Å². The summed E-state index contributed by atoms with van der Waals surface area (Å²) in [4.78, 5) is 26.7. The molecule has 4 aromatic rings. The summed E-state index contributed by atoms with van der Waals surface area (Å²) >= 11 is 4.70. The third-order valence-electron chi connectivity index (χ3n) is 6.28. The molecule has 1 fully saturated rings. The van der Waals surface area contributed by atoms with Crippen LogP contribution in [0.1, 0.15) is 43.3 Å². The first-order valence-electron chi connectivity index (χ1n) is 12.0. The van der Waals surface area contributed by atoms with Crippen LogP contribution in [0.3, 0.4) is 0 Å². The quantitative estimate of drug-likeness (QED) is 0.255. The van der Waals surface area contributed by atoms with Crippen molar-refractivity contribution in [3.05, 3.63) is 63.8 Å². The predicted octanol–water partition coefficient (Wildman–Crippen LogP) is 4.99. The van der Waals surface area contributed by atoms with Gasteiger partial charge in [-0.1, -0.05) is 32.5 Å². The van der Waals surface area contributed by atoms with Crippen molar-refractivity contribution in [2.24, 2.45) is 0 Å². The van der Waals surface area contributed by atoms with E-state index in [1.165, 1.54) is 11.3 Å². The van der Waals surface area contributed by atoms with Crippen LogP contribution in [0.15, 0.2) is 53.1 Å². The molecular weight excluding hydrogens is 556 g/mol. The Kier molecular flexibility index (Phi) is 7.43. The molecular formula is C26H25BrN6O3S. The highest BCUT2D eigenvalue weighted by Crippen LogP contribution is 2.39. The zero-order valence-electron chi connectivity index (χ0n) is 20.4. The maximum Gasteiger partial charge on any atom is 0.151 e. The summed E-state index contributed by atoms with van der Waals surface area (Å²) in [6.07, 6.45) is 2.37. The first kappa shape index (κ1) is 25.2. The lowest BCUT2D eigenvalue weighted by Gasteiger charge is -2.22. The minimum atomic E-state index is -0.792. The highest BCUT2D eigenvalue weighted by Gasteiger charge is 2.37. The average Bonchev–Trinajstić information content (AvgIpc) is 3.65. The molecule has 1 aliphatic rings. The number of ketones is 2. The summed E-state index contributed by atoms with van der Waals surface area (Å²) < 4.78 is 8.95. The van der Waals surface area contributed by atoms with E-state index in [1.807, 2.05) is 48.7 Å². The highest BCUT2D eigenvalue weighted by atomic mass is 79.9. The van der Waals surface area contributed by atoms with Crippen molar-refractivity contribution < 1.29 is 14.3 Å². The number of benzene rings is 2. The van der Waals surface area contributed by atoms with E-state index in [0.29, 0.717) is 21.5 Å². The lowest BCUT2D eigenvalue weighted by molar-refractivity contribution is -0.123. The van der Waals surface area contributed by atoms with Crippen molar-refractivity contribution in [2.75, 3.05) is 18.0 Å². The van der Waals surface area contributed by atoms with Crippen LogP contribution in [0.25, 0.3) is 16.3 Å². The Hall–Kier alpha value is -3.44. The largest absolute Gasteiger partial charge is 0.486 e. The summed E-state index contributed by atoms with van der Waals surface area (Å²) in [5, 5.41) is 18.0. The Balaban J connectivity index is 1.42. The second-order valence-corrected chi connectivity index (χ2v) is 10.5. The molecule has 0 bridgehead atoms. The highest BCUT2D eigenvalue weighted by molar-refractivity contribution is 9.10. The topological polar surface area (TPSA) is 103 Å². The van der Waals surface area contributed by atoms with Gasteiger partial charge in [-0.05, 0) is 50.2 Å². The van der Waals surface area contributed by atoms with Gasteiger partial charge < -0.3 is 9.64 Å². The lowest BCUT2D eigenvalue weighted by atomic mass is 10.1. The minimum absolute atomic E-state index is 0.0880. The molecule has 9 nitrogen and oxygen atoms in total. The van der Waals surface area contributed by atoms with Gasteiger partial charge in [-0.3, -0.25) is 9.59 Å². The number of Topliss-reactive ketones (excluding diaryl/α,β-unsaturated/α-hetero) is 2. The maximum absolute atomic E-state index is 12.2. The molecule has 0 atom stereocenters. The Morgan fingerprint density at radius 1 is 1.03 bits per heavy atom. The van der Waals surface area contributed by atoms with E-state index in [2.05, 4.69) is 55.2 Å². The normalized spacial score (nSPS) is 13.9. The maximum atomic E-state index is 12.2. The first-order chi connectivity index (χ1) is 18.0. The van der Waals surface area contributed by atoms with Crippen LogP contribution in [0, 0.1) is 0 Å². The Morgan fingerprint density at radius 3 is 2.46 bits per heavy atom. The summed E-state index contributed by atoms with van der Waals surface area (Å²) in [5.41, 5.74) is 3.33. The standard InChI is InChI=1S/C26H25BrN6O3S/c1-3-32(4-2)19-9-10-20(25-29-30-26(37-25)24-21(34)11-12-22(24)35)23(13-19)36-15-17-14-33(31-28-17)18-7-5-16(27)6-8-18/h5-10,13-14,24H,3-4,11-12,15H2,1-2H3. The third kappa shape index (κ3) is 5.33. The zero-order chi connectivity index (χ0) is 25.9. The van der Waals surface area contributed by atoms with Gasteiger partial charge in [0.1, 0.15) is 29.0 Å². The predicted molar refractivity (Wildman–Crippen MR) is 144 cm³/mol. The number of anilines is 1. The molecule has 0 amide bonds. The molecule has 190 valence electrons. The number of hydrogen-bond donors (Lipinski definition) is 0. The van der Waals surface area contributed by atoms with Gasteiger partial charge in [-0.2, -0.15) is 0 Å². The van der Waals surface area contributed by atoms with E-state index >= 15 is 0 Å². The van der Waals surface area contributed by atoms with Crippen molar-refractivity contribution >= 4 is 44.5 Å². The smallest absolute Gasteiger partial charge is 0.151 e. The van der Waals surface area contributed by atoms with Crippen LogP contribution < -0.4 is 9.64 Å². The van der Waals surface area contributed by atoms with Crippen LogP contribution in [0.5, 0.6) is 5.75 Å². The van der Waals surface area contributed by atoms with E-state index in [1.54, 1.807) is 4.68 Å². The van der Waals surface area contributed by atoms with Crippen molar-refractivity contribution in [2.45, 2.75) is 39.2 Å². The summed E-state index contributed by atoms with van der Waals surface area (Å²) in [6, 6.07) is 13.7. The van der Waals surface area contributed by atoms with Crippen LogP contribution in [-0.2, 0) is 16.2 Å². The SMILES string of the molecule is CCN(CC)c1ccc(-c2nnc(C3C(=O)CCC3=O)s2)c(OCc2cn(-c3ccc(Br)cc3)nn2)c1. The second-order valence-electron chi connectivity index (χ2n) is 8.58. The van der Waals surface area contributed by atoms with Gasteiger partial charge >= 0.3 is 0 Å². The van der Waals surface area contributed by atoms with E-state index in [4.69, 9.17) is 4.74 Å². The monoisotopic (exact) mass is 580 g/mol. The number of hydrogen-bond acceptors (Lipinski definition) is 9.